The second-order valence-electron chi connectivity index (χ2n) is 3.66. The smallest absolute Gasteiger partial charge is 0.0136 e. The van der Waals surface area contributed by atoms with E-state index in [1.54, 1.807) is 0 Å². The minimum absolute atomic E-state index is 0.302. The molecule has 0 amide bonds. The molecule has 0 heterocycles. The third kappa shape index (κ3) is 2.27. The normalized spacial score (nSPS) is 35.1. The lowest BCUT2D eigenvalue weighted by molar-refractivity contribution is 0.239. The van der Waals surface area contributed by atoms with E-state index < -0.39 is 0 Å². The van der Waals surface area contributed by atoms with Crippen LogP contribution in [0.15, 0.2) is 0 Å². The van der Waals surface area contributed by atoms with Gasteiger partial charge in [-0.15, -0.1) is 0 Å². The molecule has 1 fully saturated rings. The van der Waals surface area contributed by atoms with E-state index in [9.17, 15) is 0 Å². The molecule has 0 radical (unpaired) electrons. The van der Waals surface area contributed by atoms with Crippen LogP contribution in [0.5, 0.6) is 0 Å². The van der Waals surface area contributed by atoms with Crippen molar-refractivity contribution >= 4 is 0 Å². The summed E-state index contributed by atoms with van der Waals surface area (Å²) in [6.07, 6.45) is 2.68. The third-order valence-electron chi connectivity index (χ3n) is 2.10. The topological polar surface area (TPSA) is 38.0 Å². The maximum atomic E-state index is 5.59. The van der Waals surface area contributed by atoms with E-state index in [-0.39, 0.29) is 0 Å². The van der Waals surface area contributed by atoms with Crippen molar-refractivity contribution < 1.29 is 0 Å². The molecule has 0 aromatic heterocycles. The quantitative estimate of drug-likeness (QED) is 0.609. The second-order valence-corrected chi connectivity index (χ2v) is 3.66. The summed E-state index contributed by atoms with van der Waals surface area (Å²) in [5, 5.41) is 3.42. The average Bonchev–Trinajstić information content (AvgIpc) is 1.77. The third-order valence-corrected chi connectivity index (χ3v) is 2.10. The zero-order valence-electron chi connectivity index (χ0n) is 6.93. The highest BCUT2D eigenvalue weighted by molar-refractivity contribution is 4.82. The highest BCUT2D eigenvalue weighted by Gasteiger charge is 2.24. The van der Waals surface area contributed by atoms with Crippen molar-refractivity contribution in [3.63, 3.8) is 0 Å². The van der Waals surface area contributed by atoms with Gasteiger partial charge in [-0.1, -0.05) is 6.92 Å². The first kappa shape index (κ1) is 8.02. The minimum atomic E-state index is 0.302. The molecule has 1 rings (SSSR count). The monoisotopic (exact) mass is 142 g/mol. The van der Waals surface area contributed by atoms with Crippen LogP contribution in [0, 0.1) is 5.92 Å². The number of hydrogen-bond donors (Lipinski definition) is 2. The summed E-state index contributed by atoms with van der Waals surface area (Å²) < 4.78 is 0. The Hall–Kier alpha value is -0.0800. The summed E-state index contributed by atoms with van der Waals surface area (Å²) in [5.74, 6) is 0.936. The van der Waals surface area contributed by atoms with Gasteiger partial charge in [-0.05, 0) is 25.7 Å². The highest BCUT2D eigenvalue weighted by Crippen LogP contribution is 2.25. The van der Waals surface area contributed by atoms with Gasteiger partial charge >= 0.3 is 0 Å². The van der Waals surface area contributed by atoms with Gasteiger partial charge in [0.05, 0.1) is 0 Å². The van der Waals surface area contributed by atoms with Crippen molar-refractivity contribution in [3.05, 3.63) is 0 Å². The molecule has 1 atom stereocenters. The zero-order chi connectivity index (χ0) is 7.56. The van der Waals surface area contributed by atoms with Crippen LogP contribution >= 0.6 is 0 Å². The Kier molecular flexibility index (Phi) is 2.69. The molecule has 1 aliphatic carbocycles. The van der Waals surface area contributed by atoms with Crippen molar-refractivity contribution in [2.75, 3.05) is 6.54 Å². The van der Waals surface area contributed by atoms with Gasteiger partial charge in [0.1, 0.15) is 0 Å². The molecular formula is C8H18N2. The fraction of sp³-hybridized carbons (Fsp3) is 1.00. The summed E-state index contributed by atoms with van der Waals surface area (Å²) in [6.45, 7) is 5.30. The lowest BCUT2D eigenvalue weighted by Gasteiger charge is -2.33. The molecule has 0 aliphatic heterocycles. The predicted molar refractivity (Wildman–Crippen MR) is 43.8 cm³/mol. The van der Waals surface area contributed by atoms with E-state index in [0.717, 1.165) is 18.5 Å². The number of nitrogens with two attached hydrogens (primary N) is 1. The fourth-order valence-electron chi connectivity index (χ4n) is 1.42. The van der Waals surface area contributed by atoms with Gasteiger partial charge in [0.25, 0.3) is 0 Å². The number of nitrogens with one attached hydrogen (secondary N) is 1. The number of hydrogen-bond acceptors (Lipinski definition) is 2. The predicted octanol–water partition coefficient (Wildman–Crippen LogP) is 0.722. The lowest BCUT2D eigenvalue weighted by atomic mass is 9.82. The van der Waals surface area contributed by atoms with Crippen LogP contribution in [-0.2, 0) is 0 Å². The lowest BCUT2D eigenvalue weighted by Crippen LogP contribution is -2.44. The van der Waals surface area contributed by atoms with Gasteiger partial charge in [-0.25, -0.2) is 0 Å². The van der Waals surface area contributed by atoms with Crippen molar-refractivity contribution in [2.45, 2.75) is 38.8 Å². The van der Waals surface area contributed by atoms with Crippen molar-refractivity contribution in [1.29, 1.82) is 0 Å². The van der Waals surface area contributed by atoms with Crippen molar-refractivity contribution in [3.8, 4) is 0 Å². The molecular weight excluding hydrogens is 124 g/mol. The molecule has 1 aliphatic rings. The molecule has 2 heteroatoms. The Labute approximate surface area is 63.2 Å². The van der Waals surface area contributed by atoms with Crippen LogP contribution in [0.4, 0.5) is 0 Å². The fourth-order valence-corrected chi connectivity index (χ4v) is 1.42. The van der Waals surface area contributed by atoms with Crippen molar-refractivity contribution in [2.24, 2.45) is 11.7 Å². The second kappa shape index (κ2) is 3.35. The largest absolute Gasteiger partial charge is 0.327 e. The van der Waals surface area contributed by atoms with Gasteiger partial charge in [0.2, 0.25) is 0 Å². The molecule has 0 unspecified atom stereocenters. The SMILES string of the molecule is CC1CC(NC[C@H](C)N)C1. The van der Waals surface area contributed by atoms with Crippen LogP contribution < -0.4 is 11.1 Å². The molecule has 0 spiro atoms. The van der Waals surface area contributed by atoms with Crippen LogP contribution in [0.2, 0.25) is 0 Å². The summed E-state index contributed by atoms with van der Waals surface area (Å²) in [5.41, 5.74) is 5.59. The average molecular weight is 142 g/mol. The van der Waals surface area contributed by atoms with Gasteiger partial charge in [-0.3, -0.25) is 0 Å². The molecule has 3 N–H and O–H groups in total. The Balaban J connectivity index is 1.95. The Bertz CT molecular complexity index is 95.4. The number of rotatable bonds is 3. The zero-order valence-corrected chi connectivity index (χ0v) is 6.93. The molecule has 0 bridgehead atoms. The first-order chi connectivity index (χ1) is 4.68. The van der Waals surface area contributed by atoms with E-state index in [2.05, 4.69) is 12.2 Å². The standard InChI is InChI=1S/C8H18N2/c1-6-3-8(4-6)10-5-7(2)9/h6-8,10H,3-5,9H2,1-2H3/t6?,7-,8?/m0/s1. The molecule has 2 nitrogen and oxygen atoms in total. The van der Waals surface area contributed by atoms with Crippen LogP contribution in [0.3, 0.4) is 0 Å². The minimum Gasteiger partial charge on any atom is -0.327 e. The summed E-state index contributed by atoms with van der Waals surface area (Å²) in [4.78, 5) is 0. The molecule has 1 saturated carbocycles. The van der Waals surface area contributed by atoms with Crippen LogP contribution in [0.1, 0.15) is 26.7 Å². The Morgan fingerprint density at radius 1 is 1.60 bits per heavy atom. The van der Waals surface area contributed by atoms with Crippen LogP contribution in [-0.4, -0.2) is 18.6 Å². The van der Waals surface area contributed by atoms with Gasteiger partial charge in [0, 0.05) is 18.6 Å². The van der Waals surface area contributed by atoms with Gasteiger partial charge in [-0.2, -0.15) is 0 Å². The van der Waals surface area contributed by atoms with E-state index in [4.69, 9.17) is 5.73 Å². The highest BCUT2D eigenvalue weighted by atomic mass is 14.9. The summed E-state index contributed by atoms with van der Waals surface area (Å²) in [7, 11) is 0. The Morgan fingerprint density at radius 3 is 2.60 bits per heavy atom. The van der Waals surface area contributed by atoms with Crippen molar-refractivity contribution in [1.82, 2.24) is 5.32 Å². The van der Waals surface area contributed by atoms with E-state index in [1.807, 2.05) is 6.92 Å². The molecule has 0 aromatic carbocycles. The first-order valence-corrected chi connectivity index (χ1v) is 4.17. The van der Waals surface area contributed by atoms with E-state index in [0.29, 0.717) is 6.04 Å². The summed E-state index contributed by atoms with van der Waals surface area (Å²) >= 11 is 0. The Morgan fingerprint density at radius 2 is 2.20 bits per heavy atom. The molecule has 10 heavy (non-hydrogen) atoms. The molecule has 60 valence electrons. The maximum Gasteiger partial charge on any atom is 0.0136 e. The van der Waals surface area contributed by atoms with E-state index in [1.165, 1.54) is 12.8 Å². The van der Waals surface area contributed by atoms with Gasteiger partial charge < -0.3 is 11.1 Å². The molecule has 0 aromatic rings. The summed E-state index contributed by atoms with van der Waals surface area (Å²) in [6, 6.07) is 1.07. The van der Waals surface area contributed by atoms with Crippen LogP contribution in [0.25, 0.3) is 0 Å². The molecule has 0 saturated heterocycles. The van der Waals surface area contributed by atoms with Gasteiger partial charge in [0.15, 0.2) is 0 Å². The van der Waals surface area contributed by atoms with E-state index >= 15 is 0 Å². The first-order valence-electron chi connectivity index (χ1n) is 4.17. The maximum absolute atomic E-state index is 5.59.